The molecule has 0 aliphatic carbocycles. The number of benzene rings is 4. The molecule has 0 amide bonds. The van der Waals surface area contributed by atoms with Crippen LogP contribution in [0.2, 0.25) is 0 Å². The standard InChI is InChI=1S/C43H32N6O2.2Pd/c1-27(2)29-17-31(39-9-5-7-15-45-39)21-35(19-29)50-33-11-13-37-38-14-12-34(24-42(38)49(41(37)23-33)43-47-25-44-26-48-43)51-36-20-30(28(3)4)18-32(22-36)40-10-6-8-16-46-40;;/h5-20,25-28H,1-4H3;;/q-4;2*+2. The molecule has 0 N–H and O–H groups in total. The van der Waals surface area contributed by atoms with Crippen LogP contribution in [0.5, 0.6) is 23.0 Å². The van der Waals surface area contributed by atoms with Gasteiger partial charge in [-0.25, -0.2) is 15.0 Å². The van der Waals surface area contributed by atoms with Crippen LogP contribution in [0, 0.1) is 24.3 Å². The maximum absolute atomic E-state index is 6.46. The van der Waals surface area contributed by atoms with Gasteiger partial charge in [0, 0.05) is 35.4 Å². The molecule has 8 aromatic rings. The average molecular weight is 878 g/mol. The molecule has 4 aromatic heterocycles. The van der Waals surface area contributed by atoms with E-state index in [4.69, 9.17) is 9.47 Å². The van der Waals surface area contributed by atoms with Gasteiger partial charge in [0.1, 0.15) is 12.7 Å². The fourth-order valence-electron chi connectivity index (χ4n) is 5.96. The van der Waals surface area contributed by atoms with Crippen molar-refractivity contribution in [3.05, 3.63) is 145 Å². The van der Waals surface area contributed by atoms with Crippen molar-refractivity contribution in [3.8, 4) is 51.5 Å². The van der Waals surface area contributed by atoms with Gasteiger partial charge in [0.05, 0.1) is 0 Å². The summed E-state index contributed by atoms with van der Waals surface area (Å²) in [6, 6.07) is 41.5. The molecule has 0 saturated carbocycles. The van der Waals surface area contributed by atoms with E-state index >= 15 is 0 Å². The van der Waals surface area contributed by atoms with Crippen LogP contribution in [0.15, 0.2) is 110 Å². The van der Waals surface area contributed by atoms with Gasteiger partial charge in [-0.1, -0.05) is 87.3 Å². The topological polar surface area (TPSA) is 87.8 Å². The molecule has 0 saturated heterocycles. The molecule has 0 unspecified atom stereocenters. The van der Waals surface area contributed by atoms with Crippen molar-refractivity contribution >= 4 is 21.8 Å². The van der Waals surface area contributed by atoms with Crippen molar-refractivity contribution in [2.24, 2.45) is 0 Å². The third-order valence-corrected chi connectivity index (χ3v) is 8.60. The zero-order chi connectivity index (χ0) is 34.9. The monoisotopic (exact) mass is 876 g/mol. The second-order valence-corrected chi connectivity index (χ2v) is 12.8. The van der Waals surface area contributed by atoms with Crippen molar-refractivity contribution in [2.45, 2.75) is 39.5 Å². The smallest absolute Gasteiger partial charge is 0.503 e. The van der Waals surface area contributed by atoms with Crippen molar-refractivity contribution in [1.82, 2.24) is 29.5 Å². The first-order valence-corrected chi connectivity index (χ1v) is 16.8. The summed E-state index contributed by atoms with van der Waals surface area (Å²) in [5, 5.41) is 1.86. The van der Waals surface area contributed by atoms with Crippen molar-refractivity contribution in [3.63, 3.8) is 0 Å². The predicted molar refractivity (Wildman–Crippen MR) is 197 cm³/mol. The largest absolute Gasteiger partial charge is 2.00 e. The van der Waals surface area contributed by atoms with Crippen LogP contribution >= 0.6 is 0 Å². The molecule has 0 aliphatic heterocycles. The molecule has 0 spiro atoms. The summed E-state index contributed by atoms with van der Waals surface area (Å²) in [7, 11) is 0. The molecule has 0 atom stereocenters. The van der Waals surface area contributed by atoms with Gasteiger partial charge in [-0.3, -0.25) is 0 Å². The quantitative estimate of drug-likeness (QED) is 0.105. The number of ether oxygens (including phenoxy) is 2. The van der Waals surface area contributed by atoms with Gasteiger partial charge in [-0.2, -0.15) is 22.9 Å². The van der Waals surface area contributed by atoms with Crippen molar-refractivity contribution in [2.75, 3.05) is 0 Å². The molecular weight excluding hydrogens is 845 g/mol. The first-order chi connectivity index (χ1) is 24.9. The Morgan fingerprint density at radius 2 is 1.00 bits per heavy atom. The van der Waals surface area contributed by atoms with Gasteiger partial charge < -0.3 is 24.0 Å². The number of rotatable bonds is 9. The van der Waals surface area contributed by atoms with E-state index in [1.54, 1.807) is 12.4 Å². The summed E-state index contributed by atoms with van der Waals surface area (Å²) in [6.07, 6.45) is 6.50. The van der Waals surface area contributed by atoms with Crippen LogP contribution in [0.25, 0.3) is 50.3 Å². The third kappa shape index (κ3) is 7.98. The Balaban J connectivity index is 0.00000240. The Hall–Kier alpha value is -5.09. The Labute approximate surface area is 336 Å². The number of hydrogen-bond donors (Lipinski definition) is 0. The molecule has 0 aliphatic rings. The predicted octanol–water partition coefficient (Wildman–Crippen LogP) is 10.1. The maximum Gasteiger partial charge on any atom is 2.00 e. The third-order valence-electron chi connectivity index (χ3n) is 8.60. The molecular formula is C43H32N6O2Pd2. The van der Waals surface area contributed by atoms with Gasteiger partial charge in [0.25, 0.3) is 0 Å². The van der Waals surface area contributed by atoms with E-state index in [0.29, 0.717) is 28.9 Å². The van der Waals surface area contributed by atoms with Gasteiger partial charge >= 0.3 is 40.8 Å². The summed E-state index contributed by atoms with van der Waals surface area (Å²) < 4.78 is 14.8. The minimum atomic E-state index is 0. The number of aromatic nitrogens is 6. The number of nitrogens with zero attached hydrogens (tertiary/aromatic N) is 6. The van der Waals surface area contributed by atoms with Crippen molar-refractivity contribution in [1.29, 1.82) is 0 Å². The number of pyridine rings is 2. The molecule has 4 heterocycles. The summed E-state index contributed by atoms with van der Waals surface area (Å²) >= 11 is 0. The van der Waals surface area contributed by atoms with E-state index in [1.165, 1.54) is 12.7 Å². The van der Waals surface area contributed by atoms with E-state index in [0.717, 1.165) is 55.4 Å². The molecule has 8 nitrogen and oxygen atoms in total. The SMILES string of the molecule is CC(C)c1cc(Oc2[c-]c3c(cc2)c2ccc(Oc4[c-]c(-c5ccccn5)cc(C(C)C)c4)[c-]c2n3-c2ncncn2)[c-]c(-c2ccccn2)c1.[Pd+2].[Pd+2]. The molecule has 0 bridgehead atoms. The van der Waals surface area contributed by atoms with E-state index in [1.807, 2.05) is 77.4 Å². The fraction of sp³-hybridized carbons (Fsp3) is 0.140. The molecule has 53 heavy (non-hydrogen) atoms. The van der Waals surface area contributed by atoms with E-state index in [-0.39, 0.29) is 52.7 Å². The van der Waals surface area contributed by atoms with E-state index in [9.17, 15) is 0 Å². The molecule has 4 aromatic carbocycles. The fourth-order valence-corrected chi connectivity index (χ4v) is 5.96. The summed E-state index contributed by atoms with van der Waals surface area (Å²) in [5.41, 5.74) is 7.06. The second kappa shape index (κ2) is 16.3. The number of hydrogen-bond acceptors (Lipinski definition) is 7. The normalized spacial score (nSPS) is 11.1. The Morgan fingerprint density at radius 1 is 0.528 bits per heavy atom. The summed E-state index contributed by atoms with van der Waals surface area (Å²) in [4.78, 5) is 22.1. The van der Waals surface area contributed by atoms with Crippen LogP contribution in [0.3, 0.4) is 0 Å². The van der Waals surface area contributed by atoms with E-state index in [2.05, 4.69) is 89.0 Å². The zero-order valence-corrected chi connectivity index (χ0v) is 32.3. The molecule has 10 heteroatoms. The van der Waals surface area contributed by atoms with Crippen LogP contribution in [-0.4, -0.2) is 29.5 Å². The van der Waals surface area contributed by atoms with E-state index < -0.39 is 0 Å². The van der Waals surface area contributed by atoms with Crippen LogP contribution in [0.4, 0.5) is 0 Å². The zero-order valence-electron chi connectivity index (χ0n) is 29.2. The van der Waals surface area contributed by atoms with Gasteiger partial charge in [0.2, 0.25) is 5.95 Å². The molecule has 266 valence electrons. The van der Waals surface area contributed by atoms with Crippen LogP contribution < -0.4 is 9.47 Å². The van der Waals surface area contributed by atoms with Gasteiger partial charge in [-0.05, 0) is 35.4 Å². The first-order valence-electron chi connectivity index (χ1n) is 16.8. The van der Waals surface area contributed by atoms with Gasteiger partial charge in [0.15, 0.2) is 0 Å². The average Bonchev–Trinajstić information content (AvgIpc) is 3.48. The van der Waals surface area contributed by atoms with Crippen molar-refractivity contribution < 1.29 is 50.3 Å². The minimum Gasteiger partial charge on any atom is -0.503 e. The van der Waals surface area contributed by atoms with Crippen LogP contribution in [0.1, 0.15) is 50.7 Å². The second-order valence-electron chi connectivity index (χ2n) is 12.8. The Bertz CT molecular complexity index is 2340. The van der Waals surface area contributed by atoms with Gasteiger partial charge in [-0.15, -0.1) is 58.7 Å². The molecule has 0 radical (unpaired) electrons. The summed E-state index contributed by atoms with van der Waals surface area (Å²) in [5.74, 6) is 3.16. The van der Waals surface area contributed by atoms with Crippen LogP contribution in [-0.2, 0) is 40.8 Å². The summed E-state index contributed by atoms with van der Waals surface area (Å²) in [6.45, 7) is 8.61. The number of fused-ring (bicyclic) bond motifs is 3. The Morgan fingerprint density at radius 3 is 1.42 bits per heavy atom. The maximum atomic E-state index is 6.46. The minimum absolute atomic E-state index is 0. The first kappa shape index (κ1) is 37.7. The molecule has 0 fully saturated rings. The Kier molecular flexibility index (Phi) is 11.6. The molecule has 8 rings (SSSR count).